The van der Waals surface area contributed by atoms with Gasteiger partial charge in [-0.3, -0.25) is 14.5 Å². The minimum Gasteiger partial charge on any atom is -0.380 e. The fourth-order valence-electron chi connectivity index (χ4n) is 1.44. The van der Waals surface area contributed by atoms with Gasteiger partial charge >= 0.3 is 8.80 Å². The largest absolute Gasteiger partial charge is 0.442 e. The maximum absolute atomic E-state index is 5.99. The fourth-order valence-corrected chi connectivity index (χ4v) is 6.64. The van der Waals surface area contributed by atoms with Crippen molar-refractivity contribution >= 4 is 16.9 Å². The van der Waals surface area contributed by atoms with E-state index in [1.807, 2.05) is 0 Å². The quantitative estimate of drug-likeness (QED) is 0.643. The molecule has 1 unspecified atom stereocenters. The van der Waals surface area contributed by atoms with Crippen LogP contribution < -0.4 is 9.96 Å². The van der Waals surface area contributed by atoms with Crippen LogP contribution in [0.5, 0.6) is 0 Å². The van der Waals surface area contributed by atoms with Crippen molar-refractivity contribution in [2.75, 3.05) is 33.4 Å². The van der Waals surface area contributed by atoms with E-state index in [1.54, 1.807) is 0 Å². The van der Waals surface area contributed by atoms with Gasteiger partial charge in [-0.2, -0.15) is 0 Å². The standard InChI is InChI=1S/C10H29N3OSi2/c1-8-11-16(13(3)4,14-9-2)12-10-15(5,6)7/h11-12H,8-10H2,1-7H3. The second kappa shape index (κ2) is 6.88. The molecule has 0 aromatic rings. The smallest absolute Gasteiger partial charge is 0.380 e. The zero-order valence-corrected chi connectivity index (χ0v) is 14.0. The summed E-state index contributed by atoms with van der Waals surface area (Å²) in [6, 6.07) is 0. The van der Waals surface area contributed by atoms with Crippen molar-refractivity contribution in [3.8, 4) is 0 Å². The highest BCUT2D eigenvalue weighted by molar-refractivity contribution is 6.78. The molecular weight excluding hydrogens is 234 g/mol. The number of nitrogens with zero attached hydrogens (tertiary/aromatic N) is 1. The Labute approximate surface area is 103 Å². The lowest BCUT2D eigenvalue weighted by Gasteiger charge is -2.38. The van der Waals surface area contributed by atoms with Gasteiger partial charge in [-0.15, -0.1) is 0 Å². The molecule has 0 rings (SSSR count). The van der Waals surface area contributed by atoms with E-state index in [2.05, 4.69) is 62.1 Å². The Morgan fingerprint density at radius 1 is 1.06 bits per heavy atom. The number of hydrogen-bond acceptors (Lipinski definition) is 4. The number of hydrogen-bond donors (Lipinski definition) is 2. The summed E-state index contributed by atoms with van der Waals surface area (Å²) < 4.78 is 8.19. The Morgan fingerprint density at radius 2 is 1.62 bits per heavy atom. The van der Waals surface area contributed by atoms with Gasteiger partial charge in [0.25, 0.3) is 0 Å². The van der Waals surface area contributed by atoms with Crippen molar-refractivity contribution in [2.45, 2.75) is 33.5 Å². The van der Waals surface area contributed by atoms with E-state index in [9.17, 15) is 0 Å². The molecule has 0 aliphatic carbocycles. The topological polar surface area (TPSA) is 36.5 Å². The first-order chi connectivity index (χ1) is 7.27. The third-order valence-electron chi connectivity index (χ3n) is 2.26. The zero-order chi connectivity index (χ0) is 12.8. The molecule has 0 aliphatic rings. The summed E-state index contributed by atoms with van der Waals surface area (Å²) >= 11 is 0. The number of rotatable bonds is 8. The molecule has 0 heterocycles. The highest BCUT2D eigenvalue weighted by Gasteiger charge is 2.39. The highest BCUT2D eigenvalue weighted by atomic mass is 28.4. The average Bonchev–Trinajstić information content (AvgIpc) is 2.13. The maximum atomic E-state index is 5.99. The molecule has 98 valence electrons. The molecule has 0 amide bonds. The summed E-state index contributed by atoms with van der Waals surface area (Å²) in [5.74, 6) is 0. The minimum atomic E-state index is -2.11. The fraction of sp³-hybridized carbons (Fsp3) is 1.00. The molecule has 0 saturated carbocycles. The molecule has 0 aromatic heterocycles. The monoisotopic (exact) mass is 263 g/mol. The summed E-state index contributed by atoms with van der Waals surface area (Å²) in [6.07, 6.45) is 1.09. The van der Waals surface area contributed by atoms with E-state index in [1.165, 1.54) is 0 Å². The predicted octanol–water partition coefficient (Wildman–Crippen LogP) is 1.10. The van der Waals surface area contributed by atoms with Crippen LogP contribution in [-0.4, -0.2) is 54.9 Å². The molecule has 4 nitrogen and oxygen atoms in total. The van der Waals surface area contributed by atoms with Crippen molar-refractivity contribution in [1.82, 2.24) is 14.5 Å². The van der Waals surface area contributed by atoms with Crippen LogP contribution in [-0.2, 0) is 4.43 Å². The van der Waals surface area contributed by atoms with Gasteiger partial charge in [0.1, 0.15) is 0 Å². The Bertz CT molecular complexity index is 189. The second-order valence-corrected chi connectivity index (χ2v) is 14.1. The van der Waals surface area contributed by atoms with Crippen LogP contribution in [0.4, 0.5) is 0 Å². The molecule has 0 radical (unpaired) electrons. The van der Waals surface area contributed by atoms with Crippen LogP contribution >= 0.6 is 0 Å². The lowest BCUT2D eigenvalue weighted by atomic mass is 10.8. The zero-order valence-electron chi connectivity index (χ0n) is 12.0. The molecule has 2 N–H and O–H groups in total. The molecule has 16 heavy (non-hydrogen) atoms. The van der Waals surface area contributed by atoms with E-state index in [0.29, 0.717) is 0 Å². The summed E-state index contributed by atoms with van der Waals surface area (Å²) in [5.41, 5.74) is 0. The van der Waals surface area contributed by atoms with Crippen LogP contribution in [0.1, 0.15) is 13.8 Å². The molecule has 0 spiro atoms. The van der Waals surface area contributed by atoms with Crippen molar-refractivity contribution < 1.29 is 4.43 Å². The van der Waals surface area contributed by atoms with Crippen LogP contribution in [0, 0.1) is 0 Å². The van der Waals surface area contributed by atoms with Gasteiger partial charge < -0.3 is 4.43 Å². The van der Waals surface area contributed by atoms with Crippen molar-refractivity contribution in [2.24, 2.45) is 0 Å². The van der Waals surface area contributed by atoms with Crippen molar-refractivity contribution in [1.29, 1.82) is 0 Å². The van der Waals surface area contributed by atoms with Gasteiger partial charge in [0.05, 0.1) is 8.07 Å². The predicted molar refractivity (Wildman–Crippen MR) is 76.1 cm³/mol. The van der Waals surface area contributed by atoms with E-state index >= 15 is 0 Å². The SMILES string of the molecule is CCN[Si](NC[Si](C)(C)C)(OCC)N(C)C. The van der Waals surface area contributed by atoms with E-state index in [4.69, 9.17) is 4.43 Å². The Morgan fingerprint density at radius 3 is 1.94 bits per heavy atom. The van der Waals surface area contributed by atoms with Gasteiger partial charge in [0.15, 0.2) is 0 Å². The van der Waals surface area contributed by atoms with Crippen LogP contribution in [0.3, 0.4) is 0 Å². The highest BCUT2D eigenvalue weighted by Crippen LogP contribution is 2.04. The molecule has 0 aliphatic heterocycles. The Hall–Kier alpha value is 0.274. The Kier molecular flexibility index (Phi) is 6.99. The van der Waals surface area contributed by atoms with Crippen LogP contribution in [0.25, 0.3) is 0 Å². The third kappa shape index (κ3) is 5.56. The maximum Gasteiger partial charge on any atom is 0.442 e. The summed E-state index contributed by atoms with van der Waals surface area (Å²) in [5, 5.41) is 0. The van der Waals surface area contributed by atoms with Gasteiger partial charge in [-0.1, -0.05) is 26.6 Å². The first-order valence-electron chi connectivity index (χ1n) is 6.09. The van der Waals surface area contributed by atoms with Crippen molar-refractivity contribution in [3.05, 3.63) is 0 Å². The first-order valence-corrected chi connectivity index (χ1v) is 11.6. The van der Waals surface area contributed by atoms with Crippen LogP contribution in [0.2, 0.25) is 19.6 Å². The van der Waals surface area contributed by atoms with Gasteiger partial charge in [-0.05, 0) is 33.7 Å². The molecule has 0 saturated heterocycles. The molecule has 0 bridgehead atoms. The summed E-state index contributed by atoms with van der Waals surface area (Å²) in [7, 11) is 0.962. The molecule has 6 heteroatoms. The van der Waals surface area contributed by atoms with Crippen molar-refractivity contribution in [3.63, 3.8) is 0 Å². The third-order valence-corrected chi connectivity index (χ3v) is 7.30. The lowest BCUT2D eigenvalue weighted by molar-refractivity contribution is 0.251. The van der Waals surface area contributed by atoms with Crippen LogP contribution in [0.15, 0.2) is 0 Å². The van der Waals surface area contributed by atoms with Gasteiger partial charge in [-0.25, -0.2) is 0 Å². The lowest BCUT2D eigenvalue weighted by Crippen LogP contribution is -2.75. The van der Waals surface area contributed by atoms with E-state index in [0.717, 1.165) is 19.3 Å². The average molecular weight is 264 g/mol. The van der Waals surface area contributed by atoms with Gasteiger partial charge in [0.2, 0.25) is 0 Å². The molecule has 0 fully saturated rings. The molecular formula is C10H29N3OSi2. The summed E-state index contributed by atoms with van der Waals surface area (Å²) in [6.45, 7) is 13.0. The minimum absolute atomic E-state index is 0.746. The van der Waals surface area contributed by atoms with Gasteiger partial charge in [0, 0.05) is 6.61 Å². The Balaban J connectivity index is 4.61. The summed E-state index contributed by atoms with van der Waals surface area (Å²) in [4.78, 5) is 7.19. The normalized spacial score (nSPS) is 16.5. The van der Waals surface area contributed by atoms with E-state index in [-0.39, 0.29) is 0 Å². The van der Waals surface area contributed by atoms with E-state index < -0.39 is 16.9 Å². The second-order valence-electron chi connectivity index (χ2n) is 5.42. The first kappa shape index (κ1) is 16.3. The molecule has 1 atom stereocenters. The molecule has 0 aromatic carbocycles. The number of nitrogens with one attached hydrogen (secondary N) is 2.